The zero-order valence-electron chi connectivity index (χ0n) is 9.16. The number of carbonyl (C=O) groups is 2. The SMILES string of the molecule is CCCCCN[C@@H](CCC(N)=O)C(=O)O. The number of hydrogen-bond acceptors (Lipinski definition) is 3. The lowest BCUT2D eigenvalue weighted by Crippen LogP contribution is -2.38. The van der Waals surface area contributed by atoms with Gasteiger partial charge in [-0.15, -0.1) is 0 Å². The van der Waals surface area contributed by atoms with Crippen LogP contribution in [0.1, 0.15) is 39.0 Å². The number of rotatable bonds is 9. The summed E-state index contributed by atoms with van der Waals surface area (Å²) in [6.07, 6.45) is 3.50. The summed E-state index contributed by atoms with van der Waals surface area (Å²) < 4.78 is 0. The van der Waals surface area contributed by atoms with Crippen LogP contribution >= 0.6 is 0 Å². The summed E-state index contributed by atoms with van der Waals surface area (Å²) in [5.41, 5.74) is 4.96. The van der Waals surface area contributed by atoms with Crippen molar-refractivity contribution in [3.05, 3.63) is 0 Å². The highest BCUT2D eigenvalue weighted by molar-refractivity contribution is 5.77. The molecular formula is C10H20N2O3. The van der Waals surface area contributed by atoms with E-state index in [2.05, 4.69) is 12.2 Å². The van der Waals surface area contributed by atoms with E-state index in [1.165, 1.54) is 0 Å². The number of amides is 1. The van der Waals surface area contributed by atoms with Gasteiger partial charge in [0.15, 0.2) is 0 Å². The highest BCUT2D eigenvalue weighted by Gasteiger charge is 2.16. The molecule has 0 bridgehead atoms. The summed E-state index contributed by atoms with van der Waals surface area (Å²) in [4.78, 5) is 21.3. The Bertz CT molecular complexity index is 207. The summed E-state index contributed by atoms with van der Waals surface area (Å²) >= 11 is 0. The van der Waals surface area contributed by atoms with Gasteiger partial charge in [0.1, 0.15) is 6.04 Å². The van der Waals surface area contributed by atoms with Gasteiger partial charge in [-0.25, -0.2) is 0 Å². The molecule has 5 heteroatoms. The molecule has 0 aromatic carbocycles. The quantitative estimate of drug-likeness (QED) is 0.489. The van der Waals surface area contributed by atoms with Gasteiger partial charge < -0.3 is 16.2 Å². The minimum Gasteiger partial charge on any atom is -0.480 e. The van der Waals surface area contributed by atoms with Crippen LogP contribution in [-0.4, -0.2) is 29.6 Å². The first-order valence-corrected chi connectivity index (χ1v) is 5.32. The molecule has 88 valence electrons. The molecule has 15 heavy (non-hydrogen) atoms. The van der Waals surface area contributed by atoms with Crippen LogP contribution in [-0.2, 0) is 9.59 Å². The van der Waals surface area contributed by atoms with Crippen LogP contribution in [0.5, 0.6) is 0 Å². The van der Waals surface area contributed by atoms with Gasteiger partial charge in [0.05, 0.1) is 0 Å². The standard InChI is InChI=1S/C10H20N2O3/c1-2-3-4-7-12-8(10(14)15)5-6-9(11)13/h8,12H,2-7H2,1H3,(H2,11,13)(H,14,15)/t8-/m0/s1. The molecular weight excluding hydrogens is 196 g/mol. The molecule has 0 aliphatic heterocycles. The number of carboxylic acid groups (broad SMARTS) is 1. The third kappa shape index (κ3) is 7.93. The Morgan fingerprint density at radius 3 is 2.53 bits per heavy atom. The van der Waals surface area contributed by atoms with Crippen LogP contribution in [0.2, 0.25) is 0 Å². The predicted molar refractivity (Wildman–Crippen MR) is 57.4 cm³/mol. The first-order chi connectivity index (χ1) is 7.07. The third-order valence-corrected chi connectivity index (χ3v) is 2.15. The Hall–Kier alpha value is -1.10. The minimum atomic E-state index is -0.923. The molecule has 0 saturated carbocycles. The van der Waals surface area contributed by atoms with Gasteiger partial charge in [-0.1, -0.05) is 19.8 Å². The first-order valence-electron chi connectivity index (χ1n) is 5.32. The number of carboxylic acids is 1. The van der Waals surface area contributed by atoms with Gasteiger partial charge in [-0.2, -0.15) is 0 Å². The molecule has 0 spiro atoms. The van der Waals surface area contributed by atoms with Crippen molar-refractivity contribution in [2.45, 2.75) is 45.1 Å². The van der Waals surface area contributed by atoms with Gasteiger partial charge in [0.2, 0.25) is 5.91 Å². The van der Waals surface area contributed by atoms with E-state index in [-0.39, 0.29) is 12.8 Å². The summed E-state index contributed by atoms with van der Waals surface area (Å²) in [6, 6.07) is -0.658. The van der Waals surface area contributed by atoms with Crippen molar-refractivity contribution in [3.63, 3.8) is 0 Å². The molecule has 0 aromatic heterocycles. The maximum Gasteiger partial charge on any atom is 0.320 e. The first kappa shape index (κ1) is 13.9. The van der Waals surface area contributed by atoms with Crippen LogP contribution in [0.25, 0.3) is 0 Å². The summed E-state index contributed by atoms with van der Waals surface area (Å²) in [5.74, 6) is -1.38. The molecule has 0 rings (SSSR count). The number of hydrogen-bond donors (Lipinski definition) is 3. The van der Waals surface area contributed by atoms with Gasteiger partial charge in [0.25, 0.3) is 0 Å². The van der Waals surface area contributed by atoms with Gasteiger partial charge in [-0.05, 0) is 19.4 Å². The second-order valence-electron chi connectivity index (χ2n) is 3.56. The number of primary amides is 1. The molecule has 0 aliphatic rings. The second-order valence-corrected chi connectivity index (χ2v) is 3.56. The average Bonchev–Trinajstić information content (AvgIpc) is 2.15. The van der Waals surface area contributed by atoms with E-state index in [9.17, 15) is 9.59 Å². The molecule has 0 radical (unpaired) electrons. The number of nitrogens with two attached hydrogens (primary N) is 1. The van der Waals surface area contributed by atoms with E-state index in [0.29, 0.717) is 6.54 Å². The van der Waals surface area contributed by atoms with Crippen LogP contribution in [0.3, 0.4) is 0 Å². The monoisotopic (exact) mass is 216 g/mol. The summed E-state index contributed by atoms with van der Waals surface area (Å²) in [5, 5.41) is 11.7. The van der Waals surface area contributed by atoms with Crippen molar-refractivity contribution >= 4 is 11.9 Å². The molecule has 0 fully saturated rings. The normalized spacial score (nSPS) is 12.3. The Morgan fingerprint density at radius 2 is 2.07 bits per heavy atom. The fourth-order valence-electron chi connectivity index (χ4n) is 1.25. The van der Waals surface area contributed by atoms with E-state index in [1.807, 2.05) is 0 Å². The Morgan fingerprint density at radius 1 is 1.40 bits per heavy atom. The van der Waals surface area contributed by atoms with Crippen molar-refractivity contribution in [2.75, 3.05) is 6.54 Å². The number of unbranched alkanes of at least 4 members (excludes halogenated alkanes) is 2. The van der Waals surface area contributed by atoms with Gasteiger partial charge in [0, 0.05) is 6.42 Å². The van der Waals surface area contributed by atoms with E-state index >= 15 is 0 Å². The van der Waals surface area contributed by atoms with E-state index < -0.39 is 17.9 Å². The lowest BCUT2D eigenvalue weighted by atomic mass is 10.1. The fraction of sp³-hybridized carbons (Fsp3) is 0.800. The molecule has 0 heterocycles. The van der Waals surface area contributed by atoms with Crippen LogP contribution < -0.4 is 11.1 Å². The minimum absolute atomic E-state index is 0.109. The maximum atomic E-state index is 10.8. The van der Waals surface area contributed by atoms with Gasteiger partial charge >= 0.3 is 5.97 Å². The smallest absolute Gasteiger partial charge is 0.320 e. The molecule has 4 N–H and O–H groups in total. The molecule has 0 unspecified atom stereocenters. The fourth-order valence-corrected chi connectivity index (χ4v) is 1.25. The number of carbonyl (C=O) groups excluding carboxylic acids is 1. The Balaban J connectivity index is 3.73. The largest absolute Gasteiger partial charge is 0.480 e. The number of aliphatic carboxylic acids is 1. The van der Waals surface area contributed by atoms with Crippen molar-refractivity contribution < 1.29 is 14.7 Å². The lowest BCUT2D eigenvalue weighted by molar-refractivity contribution is -0.139. The maximum absolute atomic E-state index is 10.8. The van der Waals surface area contributed by atoms with Crippen molar-refractivity contribution in [2.24, 2.45) is 5.73 Å². The van der Waals surface area contributed by atoms with E-state index in [4.69, 9.17) is 10.8 Å². The Kier molecular flexibility index (Phi) is 7.62. The van der Waals surface area contributed by atoms with Crippen LogP contribution in [0.15, 0.2) is 0 Å². The van der Waals surface area contributed by atoms with Crippen LogP contribution in [0, 0.1) is 0 Å². The van der Waals surface area contributed by atoms with Crippen molar-refractivity contribution in [3.8, 4) is 0 Å². The third-order valence-electron chi connectivity index (χ3n) is 2.15. The molecule has 0 aliphatic carbocycles. The highest BCUT2D eigenvalue weighted by atomic mass is 16.4. The average molecular weight is 216 g/mol. The predicted octanol–water partition coefficient (Wildman–Crippen LogP) is 0.485. The van der Waals surface area contributed by atoms with E-state index in [1.54, 1.807) is 0 Å². The zero-order chi connectivity index (χ0) is 11.7. The molecule has 1 atom stereocenters. The number of nitrogens with one attached hydrogen (secondary N) is 1. The molecule has 5 nitrogen and oxygen atoms in total. The van der Waals surface area contributed by atoms with E-state index in [0.717, 1.165) is 19.3 Å². The van der Waals surface area contributed by atoms with Crippen molar-refractivity contribution in [1.29, 1.82) is 0 Å². The highest BCUT2D eigenvalue weighted by Crippen LogP contribution is 1.99. The van der Waals surface area contributed by atoms with Crippen LogP contribution in [0.4, 0.5) is 0 Å². The van der Waals surface area contributed by atoms with Gasteiger partial charge in [-0.3, -0.25) is 9.59 Å². The van der Waals surface area contributed by atoms with Crippen molar-refractivity contribution in [1.82, 2.24) is 5.32 Å². The zero-order valence-corrected chi connectivity index (χ0v) is 9.16. The summed E-state index contributed by atoms with van der Waals surface area (Å²) in [6.45, 7) is 2.76. The molecule has 0 saturated heterocycles. The second kappa shape index (κ2) is 8.23. The Labute approximate surface area is 90.0 Å². The molecule has 0 aromatic rings. The topological polar surface area (TPSA) is 92.4 Å². The summed E-state index contributed by atoms with van der Waals surface area (Å²) in [7, 11) is 0. The molecule has 1 amide bonds. The lowest BCUT2D eigenvalue weighted by Gasteiger charge is -2.13.